The first kappa shape index (κ1) is 25.3. The van der Waals surface area contributed by atoms with Crippen molar-refractivity contribution in [1.29, 1.82) is 0 Å². The van der Waals surface area contributed by atoms with Crippen molar-refractivity contribution in [1.82, 2.24) is 20.4 Å². The number of rotatable bonds is 6. The molecule has 170 valence electrons. The Hall–Kier alpha value is -0.930. The lowest BCUT2D eigenvalue weighted by Crippen LogP contribution is -2.62. The summed E-state index contributed by atoms with van der Waals surface area (Å²) in [5.41, 5.74) is 2.41. The maximum Gasteiger partial charge on any atom is 0.191 e. The number of aryl methyl sites for hydroxylation is 1. The fraction of sp³-hybridized carbons (Fsp3) is 0.696. The topological polar surface area (TPSA) is 42.9 Å². The third kappa shape index (κ3) is 6.79. The fourth-order valence-electron chi connectivity index (χ4n) is 4.73. The predicted molar refractivity (Wildman–Crippen MR) is 135 cm³/mol. The van der Waals surface area contributed by atoms with Crippen molar-refractivity contribution in [2.24, 2.45) is 4.99 Å². The van der Waals surface area contributed by atoms with E-state index in [1.165, 1.54) is 56.8 Å². The molecule has 0 aromatic heterocycles. The first-order chi connectivity index (χ1) is 14.0. The monoisotopic (exact) mass is 531 g/mol. The molecule has 0 aliphatic carbocycles. The van der Waals surface area contributed by atoms with E-state index in [2.05, 4.69) is 32.5 Å². The largest absolute Gasteiger partial charge is 0.356 e. The number of piperidine rings is 2. The van der Waals surface area contributed by atoms with Gasteiger partial charge in [0.15, 0.2) is 5.96 Å². The molecule has 2 fully saturated rings. The van der Waals surface area contributed by atoms with E-state index in [4.69, 9.17) is 0 Å². The lowest BCUT2D eigenvalue weighted by atomic mass is 9.84. The Balaban J connectivity index is 0.00000320. The van der Waals surface area contributed by atoms with Crippen LogP contribution >= 0.6 is 24.0 Å². The van der Waals surface area contributed by atoms with Gasteiger partial charge in [-0.3, -0.25) is 9.89 Å². The molecule has 0 atom stereocenters. The van der Waals surface area contributed by atoms with Crippen LogP contribution in [0.2, 0.25) is 0 Å². The van der Waals surface area contributed by atoms with Gasteiger partial charge in [-0.05, 0) is 95.5 Å². The maximum atomic E-state index is 13.3. The standard InChI is InChI=1S/C23H38FN5.HI/c1-19-17-21(24)8-7-20(19)9-12-26-22(25-2)27-18-23(10-15-28(3)16-11-23)29-13-5-4-6-14-29;/h7-8,17H,4-6,9-16,18H2,1-3H3,(H2,25,26,27);1H. The number of halogens is 2. The zero-order valence-corrected chi connectivity index (χ0v) is 21.2. The lowest BCUT2D eigenvalue weighted by molar-refractivity contribution is 0.0173. The van der Waals surface area contributed by atoms with Gasteiger partial charge in [-0.25, -0.2) is 4.39 Å². The van der Waals surface area contributed by atoms with E-state index in [0.29, 0.717) is 0 Å². The predicted octanol–water partition coefficient (Wildman–Crippen LogP) is 3.41. The van der Waals surface area contributed by atoms with Crippen LogP contribution in [0.3, 0.4) is 0 Å². The number of guanidine groups is 1. The van der Waals surface area contributed by atoms with Crippen molar-refractivity contribution in [3.05, 3.63) is 35.1 Å². The number of benzene rings is 1. The van der Waals surface area contributed by atoms with E-state index in [1.807, 2.05) is 20.0 Å². The van der Waals surface area contributed by atoms with Gasteiger partial charge >= 0.3 is 0 Å². The van der Waals surface area contributed by atoms with Crippen LogP contribution in [0.4, 0.5) is 4.39 Å². The van der Waals surface area contributed by atoms with E-state index in [1.54, 1.807) is 6.07 Å². The Labute approximate surface area is 198 Å². The van der Waals surface area contributed by atoms with Crippen molar-refractivity contribution in [2.45, 2.75) is 51.0 Å². The van der Waals surface area contributed by atoms with Crippen LogP contribution in [0.1, 0.15) is 43.2 Å². The molecule has 1 aromatic carbocycles. The number of likely N-dealkylation sites (tertiary alicyclic amines) is 2. The van der Waals surface area contributed by atoms with Gasteiger partial charge in [-0.1, -0.05) is 12.5 Å². The molecule has 30 heavy (non-hydrogen) atoms. The highest BCUT2D eigenvalue weighted by Crippen LogP contribution is 2.30. The van der Waals surface area contributed by atoms with Crippen molar-refractivity contribution in [2.75, 3.05) is 53.4 Å². The van der Waals surface area contributed by atoms with Crippen LogP contribution in [0.5, 0.6) is 0 Å². The van der Waals surface area contributed by atoms with Crippen LogP contribution in [-0.2, 0) is 6.42 Å². The minimum absolute atomic E-state index is 0. The number of nitrogens with zero attached hydrogens (tertiary/aromatic N) is 3. The summed E-state index contributed by atoms with van der Waals surface area (Å²) in [5, 5.41) is 7.07. The minimum atomic E-state index is -0.169. The second-order valence-electron chi connectivity index (χ2n) is 8.75. The highest BCUT2D eigenvalue weighted by molar-refractivity contribution is 14.0. The highest BCUT2D eigenvalue weighted by atomic mass is 127. The molecule has 1 aromatic rings. The number of hydrogen-bond donors (Lipinski definition) is 2. The summed E-state index contributed by atoms with van der Waals surface area (Å²) in [5.74, 6) is 0.693. The second-order valence-corrected chi connectivity index (χ2v) is 8.75. The van der Waals surface area contributed by atoms with E-state index in [9.17, 15) is 4.39 Å². The van der Waals surface area contributed by atoms with Gasteiger partial charge in [0, 0.05) is 25.7 Å². The fourth-order valence-corrected chi connectivity index (χ4v) is 4.73. The van der Waals surface area contributed by atoms with Gasteiger partial charge in [0.25, 0.3) is 0 Å². The van der Waals surface area contributed by atoms with Gasteiger partial charge in [-0.2, -0.15) is 0 Å². The maximum absolute atomic E-state index is 13.3. The van der Waals surface area contributed by atoms with E-state index in [0.717, 1.165) is 44.1 Å². The molecule has 0 radical (unpaired) electrons. The first-order valence-electron chi connectivity index (χ1n) is 11.2. The molecule has 0 saturated carbocycles. The van der Waals surface area contributed by atoms with E-state index >= 15 is 0 Å². The third-order valence-electron chi connectivity index (χ3n) is 6.74. The van der Waals surface area contributed by atoms with Crippen LogP contribution in [0.15, 0.2) is 23.2 Å². The molecule has 7 heteroatoms. The number of nitrogens with one attached hydrogen (secondary N) is 2. The van der Waals surface area contributed by atoms with Crippen LogP contribution in [-0.4, -0.2) is 74.7 Å². The Morgan fingerprint density at radius 1 is 1.10 bits per heavy atom. The Morgan fingerprint density at radius 3 is 2.43 bits per heavy atom. The molecule has 2 aliphatic rings. The normalized spacial score (nSPS) is 20.5. The van der Waals surface area contributed by atoms with Crippen molar-refractivity contribution in [3.63, 3.8) is 0 Å². The molecular formula is C23H39FIN5. The van der Waals surface area contributed by atoms with Crippen molar-refractivity contribution < 1.29 is 4.39 Å². The van der Waals surface area contributed by atoms with Crippen molar-refractivity contribution >= 4 is 29.9 Å². The molecule has 2 heterocycles. The summed E-state index contributed by atoms with van der Waals surface area (Å²) in [7, 11) is 4.06. The Bertz CT molecular complexity index is 682. The average Bonchev–Trinajstić information content (AvgIpc) is 2.74. The third-order valence-corrected chi connectivity index (χ3v) is 6.74. The van der Waals surface area contributed by atoms with Crippen molar-refractivity contribution in [3.8, 4) is 0 Å². The molecule has 0 unspecified atom stereocenters. The van der Waals surface area contributed by atoms with Crippen LogP contribution in [0.25, 0.3) is 0 Å². The van der Waals surface area contributed by atoms with Crippen LogP contribution < -0.4 is 10.6 Å². The quantitative estimate of drug-likeness (QED) is 0.336. The summed E-state index contributed by atoms with van der Waals surface area (Å²) in [6.45, 7) is 8.46. The Kier molecular flexibility index (Phi) is 10.3. The molecule has 0 bridgehead atoms. The SMILES string of the molecule is CN=C(NCCc1ccc(F)cc1C)NCC1(N2CCCCC2)CCN(C)CC1.I. The zero-order valence-electron chi connectivity index (χ0n) is 18.8. The van der Waals surface area contributed by atoms with Crippen LogP contribution in [0, 0.1) is 12.7 Å². The summed E-state index contributed by atoms with van der Waals surface area (Å²) in [6, 6.07) is 5.02. The van der Waals surface area contributed by atoms with Gasteiger partial charge < -0.3 is 15.5 Å². The molecule has 2 saturated heterocycles. The summed E-state index contributed by atoms with van der Waals surface area (Å²) >= 11 is 0. The van der Waals surface area contributed by atoms with Gasteiger partial charge in [0.05, 0.1) is 0 Å². The summed E-state index contributed by atoms with van der Waals surface area (Å²) in [4.78, 5) is 9.62. The molecule has 5 nitrogen and oxygen atoms in total. The van der Waals surface area contributed by atoms with Gasteiger partial charge in [-0.15, -0.1) is 24.0 Å². The summed E-state index contributed by atoms with van der Waals surface area (Å²) in [6.07, 6.45) is 7.29. The van der Waals surface area contributed by atoms with Gasteiger partial charge in [0.2, 0.25) is 0 Å². The van der Waals surface area contributed by atoms with E-state index < -0.39 is 0 Å². The highest BCUT2D eigenvalue weighted by Gasteiger charge is 2.39. The lowest BCUT2D eigenvalue weighted by Gasteiger charge is -2.50. The molecule has 0 spiro atoms. The molecule has 3 rings (SSSR count). The summed E-state index contributed by atoms with van der Waals surface area (Å²) < 4.78 is 13.3. The van der Waals surface area contributed by atoms with E-state index in [-0.39, 0.29) is 35.3 Å². The smallest absolute Gasteiger partial charge is 0.191 e. The number of hydrogen-bond acceptors (Lipinski definition) is 3. The Morgan fingerprint density at radius 2 is 1.80 bits per heavy atom. The molecule has 2 aliphatic heterocycles. The average molecular weight is 532 g/mol. The molecule has 0 amide bonds. The molecule has 2 N–H and O–H groups in total. The molecular weight excluding hydrogens is 492 g/mol. The number of aliphatic imine (C=N–C) groups is 1. The first-order valence-corrected chi connectivity index (χ1v) is 11.2. The minimum Gasteiger partial charge on any atom is -0.356 e. The second kappa shape index (κ2) is 12.2. The zero-order chi connectivity index (χ0) is 20.7. The van der Waals surface area contributed by atoms with Gasteiger partial charge in [0.1, 0.15) is 5.82 Å².